The van der Waals surface area contributed by atoms with Crippen LogP contribution in [0, 0.1) is 11.8 Å². The number of amides is 6. The van der Waals surface area contributed by atoms with Gasteiger partial charge in [0.05, 0.1) is 60.9 Å². The van der Waals surface area contributed by atoms with Gasteiger partial charge in [-0.05, 0) is 19.9 Å². The second kappa shape index (κ2) is 23.3. The first-order valence-corrected chi connectivity index (χ1v) is 25.8. The topological polar surface area (TPSA) is 401 Å². The molecule has 0 aromatic heterocycles. The van der Waals surface area contributed by atoms with Gasteiger partial charge < -0.3 is 81.6 Å². The molecule has 424 valence electrons. The number of hydrogen-bond acceptors (Lipinski definition) is 24. The van der Waals surface area contributed by atoms with Crippen LogP contribution >= 0.6 is 24.4 Å². The summed E-state index contributed by atoms with van der Waals surface area (Å²) in [5.41, 5.74) is 20.1. The van der Waals surface area contributed by atoms with Gasteiger partial charge in [0.25, 0.3) is 0 Å². The smallest absolute Gasteiger partial charge is 0.404 e. The first-order valence-electron chi connectivity index (χ1n) is 24.0. The molecule has 2 unspecified atom stereocenters. The zero-order valence-electron chi connectivity index (χ0n) is 43.9. The van der Waals surface area contributed by atoms with Gasteiger partial charge in [-0.15, -0.1) is 0 Å². The lowest BCUT2D eigenvalue weighted by atomic mass is 9.82. The maximum absolute atomic E-state index is 13.2. The summed E-state index contributed by atoms with van der Waals surface area (Å²) in [5, 5.41) is 4.91. The van der Waals surface area contributed by atoms with Crippen LogP contribution in [0.2, 0.25) is 0 Å². The van der Waals surface area contributed by atoms with E-state index in [9.17, 15) is 57.5 Å². The minimum absolute atomic E-state index is 0.0892. The number of nitrogens with one attached hydrogen (secondary N) is 2. The molecule has 28 nitrogen and oxygen atoms in total. The van der Waals surface area contributed by atoms with E-state index in [1.54, 1.807) is 19.6 Å². The molecular weight excluding hydrogens is 1070 g/mol. The van der Waals surface area contributed by atoms with Gasteiger partial charge in [0.1, 0.15) is 37.4 Å². The van der Waals surface area contributed by atoms with Gasteiger partial charge in [-0.25, -0.2) is 19.2 Å². The fraction of sp³-hybridized carbons (Fsp3) is 0.542. The lowest BCUT2D eigenvalue weighted by Gasteiger charge is -2.41. The third-order valence-electron chi connectivity index (χ3n) is 14.7. The average Bonchev–Trinajstić information content (AvgIpc) is 3.41. The van der Waals surface area contributed by atoms with Crippen molar-refractivity contribution in [3.63, 3.8) is 0 Å². The number of esters is 2. The van der Waals surface area contributed by atoms with Crippen LogP contribution in [-0.2, 0) is 76.4 Å². The molecule has 4 fully saturated rings. The fourth-order valence-corrected chi connectivity index (χ4v) is 12.5. The standard InChI is InChI=1S/C24H31N5O9S.C18H20N4O6.C6H11NO3S/c1-10-17(25)20(33)16-12(8-38-23(26)35)24(37-4)21-14(7-28(24)18(16)19(10)32)29(21)15(31)5-6-39-9-13(22(34)36-3)27-11(2)30;1-4-10(23)22-9-5-21-13-11(15(25)12(19)7(2)14(13)24)8(6-28-17(20)26)18(21,27-3)16(9)22;1-4(8)7-5(3-11)6(9)10-2/h12-14,21H,5-9,25H2,1-4H3,(H2,26,35)(H,27,30);4,8-9,16H,1,5-6,19H2,2-3H3,(H2,20,26);5,11H,3H2,1-2H3,(H,7,8)/t12-,13?,14+,21+,24-,29?;8-,9+,16+,18-,22?;/m11./s1. The highest BCUT2D eigenvalue weighted by Crippen LogP contribution is 2.61. The number of hydrogen-bond donors (Lipinski definition) is 7. The third-order valence-corrected chi connectivity index (χ3v) is 16.2. The summed E-state index contributed by atoms with van der Waals surface area (Å²) in [6.07, 6.45) is -0.753. The van der Waals surface area contributed by atoms with Gasteiger partial charge in [-0.3, -0.25) is 38.4 Å². The quantitative estimate of drug-likeness (QED) is 0.0143. The number of rotatable bonds is 17. The van der Waals surface area contributed by atoms with E-state index in [1.807, 2.05) is 0 Å². The molecule has 10 N–H and O–H groups in total. The minimum atomic E-state index is -1.33. The molecule has 10 atom stereocenters. The summed E-state index contributed by atoms with van der Waals surface area (Å²) in [6, 6.07) is -2.92. The first kappa shape index (κ1) is 59.8. The van der Waals surface area contributed by atoms with E-state index < -0.39 is 88.9 Å². The summed E-state index contributed by atoms with van der Waals surface area (Å²) in [5.74, 6) is -4.92. The Morgan fingerprint density at radius 1 is 0.705 bits per heavy atom. The van der Waals surface area contributed by atoms with Gasteiger partial charge in [-0.1, -0.05) is 6.58 Å². The van der Waals surface area contributed by atoms with Crippen LogP contribution in [0.4, 0.5) is 9.59 Å². The van der Waals surface area contributed by atoms with Crippen molar-refractivity contribution in [3.8, 4) is 0 Å². The Bertz CT molecular complexity index is 2800. The largest absolute Gasteiger partial charge is 0.467 e. The van der Waals surface area contributed by atoms with Crippen LogP contribution in [0.3, 0.4) is 0 Å². The zero-order valence-corrected chi connectivity index (χ0v) is 45.6. The highest BCUT2D eigenvalue weighted by molar-refractivity contribution is 7.99. The number of ketones is 4. The molecule has 8 aliphatic rings. The molecule has 6 amide bonds. The Labute approximate surface area is 456 Å². The predicted octanol–water partition coefficient (Wildman–Crippen LogP) is -3.24. The molecule has 0 saturated carbocycles. The van der Waals surface area contributed by atoms with Crippen molar-refractivity contribution in [2.24, 2.45) is 34.8 Å². The predicted molar refractivity (Wildman–Crippen MR) is 273 cm³/mol. The normalized spacial score (nSPS) is 27.3. The molecule has 4 saturated heterocycles. The number of allylic oxidation sites excluding steroid dienone is 4. The number of carbonyl (C=O) groups excluding carboxylic acids is 12. The number of nitrogens with two attached hydrogens (primary N) is 4. The second-order valence-electron chi connectivity index (χ2n) is 18.8. The van der Waals surface area contributed by atoms with Crippen molar-refractivity contribution in [1.29, 1.82) is 0 Å². The summed E-state index contributed by atoms with van der Waals surface area (Å²) in [4.78, 5) is 152. The van der Waals surface area contributed by atoms with E-state index in [2.05, 4.69) is 34.6 Å². The fourth-order valence-electron chi connectivity index (χ4n) is 11.3. The molecule has 0 aromatic rings. The zero-order chi connectivity index (χ0) is 58.2. The summed E-state index contributed by atoms with van der Waals surface area (Å²) in [6.45, 7) is 9.00. The molecule has 0 bridgehead atoms. The van der Waals surface area contributed by atoms with E-state index in [0.29, 0.717) is 12.3 Å². The molecule has 0 spiro atoms. The molecule has 6 aliphatic heterocycles. The van der Waals surface area contributed by atoms with Crippen LogP contribution < -0.4 is 33.6 Å². The number of thiol groups is 1. The average molecular weight is 1130 g/mol. The van der Waals surface area contributed by atoms with Crippen LogP contribution in [0.15, 0.2) is 57.7 Å². The lowest BCUT2D eigenvalue weighted by Crippen LogP contribution is -2.56. The molecule has 2 aliphatic carbocycles. The lowest BCUT2D eigenvalue weighted by molar-refractivity contribution is -0.153. The van der Waals surface area contributed by atoms with Gasteiger partial charge >= 0.3 is 24.1 Å². The van der Waals surface area contributed by atoms with Crippen LogP contribution in [0.5, 0.6) is 0 Å². The van der Waals surface area contributed by atoms with Gasteiger partial charge in [0.15, 0.2) is 11.4 Å². The van der Waals surface area contributed by atoms with Crippen molar-refractivity contribution in [3.05, 3.63) is 57.7 Å². The Morgan fingerprint density at radius 2 is 1.12 bits per heavy atom. The number of primary amides is 2. The first-order chi connectivity index (χ1) is 36.7. The Kier molecular flexibility index (Phi) is 17.8. The SMILES string of the molecule is C=CC(=O)N1[C@H]2[C@@H]1CN1C3=C(C(=O)C(N)=C(C)C3=O)[C@@H](COC(N)=O)[C@@]21OC.COC(=O)C(CS)NC(C)=O.COC(=O)C(CSCCC(=O)N1[C@H]2[C@@H]1CN1C3=C(C(=O)C(N)=C(C)C3=O)[C@@H](COC(N)=O)[C@@]21OC)NC(C)=O. The van der Waals surface area contributed by atoms with Crippen LogP contribution in [0.25, 0.3) is 0 Å². The molecule has 30 heteroatoms. The van der Waals surface area contributed by atoms with Crippen molar-refractivity contribution in [2.75, 3.05) is 72.0 Å². The summed E-state index contributed by atoms with van der Waals surface area (Å²) in [7, 11) is 5.33. The minimum Gasteiger partial charge on any atom is -0.467 e. The Hall–Kier alpha value is -7.44. The highest BCUT2D eigenvalue weighted by atomic mass is 32.2. The molecule has 0 aromatic carbocycles. The molecule has 6 heterocycles. The van der Waals surface area contributed by atoms with E-state index in [4.69, 9.17) is 46.6 Å². The number of thioether (sulfide) groups is 1. The van der Waals surface area contributed by atoms with E-state index in [1.165, 1.54) is 74.0 Å². The van der Waals surface area contributed by atoms with Gasteiger partial charge in [0.2, 0.25) is 46.8 Å². The monoisotopic (exact) mass is 1130 g/mol. The maximum Gasteiger partial charge on any atom is 0.404 e. The number of fused-ring (bicyclic) bond motifs is 8. The van der Waals surface area contributed by atoms with E-state index in [0.717, 1.165) is 0 Å². The van der Waals surface area contributed by atoms with Crippen molar-refractivity contribution < 1.29 is 86.0 Å². The third kappa shape index (κ3) is 10.2. The second-order valence-corrected chi connectivity index (χ2v) is 20.3. The number of carbonyl (C=O) groups is 12. The van der Waals surface area contributed by atoms with Gasteiger partial charge in [0, 0.05) is 87.1 Å². The van der Waals surface area contributed by atoms with Crippen LogP contribution in [0.1, 0.15) is 34.1 Å². The van der Waals surface area contributed by atoms with Crippen LogP contribution in [-0.4, -0.2) is 210 Å². The molecular formula is C48H62N10O18S2. The van der Waals surface area contributed by atoms with Crippen molar-refractivity contribution in [1.82, 2.24) is 30.2 Å². The number of piperazine rings is 2. The molecule has 0 radical (unpaired) electrons. The van der Waals surface area contributed by atoms with Crippen molar-refractivity contribution in [2.45, 2.75) is 81.8 Å². The number of methoxy groups -OCH3 is 4. The van der Waals surface area contributed by atoms with E-state index in [-0.39, 0.29) is 124 Å². The summed E-state index contributed by atoms with van der Waals surface area (Å²) >= 11 is 5.18. The molecule has 78 heavy (non-hydrogen) atoms. The highest BCUT2D eigenvalue weighted by Gasteiger charge is 2.79. The summed E-state index contributed by atoms with van der Waals surface area (Å²) < 4.78 is 31.0. The number of Topliss-reactive ketones (excluding diaryl/α,β-unsaturated/α-hetero) is 4. The van der Waals surface area contributed by atoms with Crippen molar-refractivity contribution >= 4 is 95.3 Å². The number of nitrogens with zero attached hydrogens (tertiary/aromatic N) is 4. The van der Waals surface area contributed by atoms with Gasteiger partial charge in [-0.2, -0.15) is 24.4 Å². The van der Waals surface area contributed by atoms with E-state index >= 15 is 0 Å². The Morgan fingerprint density at radius 3 is 1.50 bits per heavy atom. The Balaban J connectivity index is 0.000000219. The number of ether oxygens (including phenoxy) is 6. The molecule has 8 rings (SSSR count). The maximum atomic E-state index is 13.2.